The molecule has 3 aliphatic rings. The second-order valence-electron chi connectivity index (χ2n) is 9.40. The molecule has 0 bridgehead atoms. The van der Waals surface area contributed by atoms with Crippen molar-refractivity contribution in [2.75, 3.05) is 31.1 Å². The summed E-state index contributed by atoms with van der Waals surface area (Å²) in [4.78, 5) is 20.7. The van der Waals surface area contributed by atoms with E-state index in [1.807, 2.05) is 6.07 Å². The monoisotopic (exact) mass is 424 g/mol. The lowest BCUT2D eigenvalue weighted by atomic mass is 9.73. The average molecular weight is 425 g/mol. The van der Waals surface area contributed by atoms with Crippen LogP contribution in [-0.2, 0) is 10.2 Å². The molecule has 2 aliphatic heterocycles. The summed E-state index contributed by atoms with van der Waals surface area (Å²) in [6.07, 6.45) is 5.49. The van der Waals surface area contributed by atoms with Crippen molar-refractivity contribution in [2.45, 2.75) is 56.5 Å². The summed E-state index contributed by atoms with van der Waals surface area (Å²) in [5.41, 5.74) is 2.94. The maximum Gasteiger partial charge on any atom is 0.217 e. The quantitative estimate of drug-likeness (QED) is 0.756. The number of piperidine rings is 2. The zero-order valence-electron chi connectivity index (χ0n) is 18.2. The van der Waals surface area contributed by atoms with Gasteiger partial charge >= 0.3 is 0 Å². The van der Waals surface area contributed by atoms with Gasteiger partial charge in [-0.1, -0.05) is 30.3 Å². The van der Waals surface area contributed by atoms with E-state index in [2.05, 4.69) is 44.4 Å². The first-order valence-corrected chi connectivity index (χ1v) is 11.5. The molecule has 1 aromatic carbocycles. The minimum atomic E-state index is -0.407. The van der Waals surface area contributed by atoms with Crippen molar-refractivity contribution in [3.05, 3.63) is 59.5 Å². The van der Waals surface area contributed by atoms with Gasteiger partial charge in [-0.25, -0.2) is 4.98 Å². The van der Waals surface area contributed by atoms with Gasteiger partial charge in [0.25, 0.3) is 0 Å². The van der Waals surface area contributed by atoms with Gasteiger partial charge in [0.1, 0.15) is 5.82 Å². The lowest BCUT2D eigenvalue weighted by Crippen LogP contribution is -2.50. The Kier molecular flexibility index (Phi) is 5.42. The summed E-state index contributed by atoms with van der Waals surface area (Å²) < 4.78 is 13.5. The minimum absolute atomic E-state index is 0. The number of halogens is 1. The summed E-state index contributed by atoms with van der Waals surface area (Å²) >= 11 is 0. The Morgan fingerprint density at radius 1 is 1.10 bits per heavy atom. The zero-order valence-corrected chi connectivity index (χ0v) is 18.2. The van der Waals surface area contributed by atoms with E-state index in [9.17, 15) is 9.18 Å². The van der Waals surface area contributed by atoms with Crippen LogP contribution in [0.5, 0.6) is 0 Å². The van der Waals surface area contributed by atoms with Gasteiger partial charge in [-0.3, -0.25) is 4.79 Å². The molecular weight excluding hydrogens is 391 g/mol. The normalized spacial score (nSPS) is 23.7. The Labute approximate surface area is 185 Å². The molecule has 5 nitrogen and oxygen atoms in total. The molecular formula is C25H33FN4O. The largest absolute Gasteiger partial charge is 0.356 e. The molecule has 0 unspecified atom stereocenters. The number of carbonyl (C=O) groups is 1. The summed E-state index contributed by atoms with van der Waals surface area (Å²) in [5, 5.41) is 3.18. The number of anilines is 1. The van der Waals surface area contributed by atoms with E-state index in [-0.39, 0.29) is 18.8 Å². The molecule has 166 valence electrons. The van der Waals surface area contributed by atoms with Gasteiger partial charge in [0.15, 0.2) is 0 Å². The van der Waals surface area contributed by atoms with Gasteiger partial charge in [0, 0.05) is 32.9 Å². The van der Waals surface area contributed by atoms with Crippen LogP contribution in [0.2, 0.25) is 0 Å². The molecule has 2 saturated heterocycles. The number of carbonyl (C=O) groups excluding carboxylic acids is 1. The van der Waals surface area contributed by atoms with Gasteiger partial charge in [-0.2, -0.15) is 4.39 Å². The third-order valence-electron chi connectivity index (χ3n) is 7.64. The van der Waals surface area contributed by atoms with Crippen LogP contribution in [-0.4, -0.2) is 48.0 Å². The molecule has 31 heavy (non-hydrogen) atoms. The number of nitrogens with one attached hydrogen (secondary N) is 1. The van der Waals surface area contributed by atoms with Crippen LogP contribution in [0.3, 0.4) is 0 Å². The summed E-state index contributed by atoms with van der Waals surface area (Å²) in [5.74, 6) is 0.395. The number of nitrogens with zero attached hydrogens (tertiary/aromatic N) is 3. The molecule has 2 fully saturated rings. The molecule has 3 heterocycles. The Bertz CT molecular complexity index is 954. The highest BCUT2D eigenvalue weighted by Crippen LogP contribution is 2.51. The van der Waals surface area contributed by atoms with Gasteiger partial charge in [-0.05, 0) is 68.5 Å². The van der Waals surface area contributed by atoms with E-state index in [1.54, 1.807) is 13.0 Å². The molecule has 1 atom stereocenters. The van der Waals surface area contributed by atoms with Crippen molar-refractivity contribution in [3.63, 3.8) is 0 Å². The van der Waals surface area contributed by atoms with Gasteiger partial charge in [0.2, 0.25) is 11.9 Å². The predicted molar refractivity (Wildman–Crippen MR) is 122 cm³/mol. The number of benzene rings is 1. The van der Waals surface area contributed by atoms with Gasteiger partial charge < -0.3 is 15.1 Å². The molecule has 6 heteroatoms. The molecule has 0 radical (unpaired) electrons. The van der Waals surface area contributed by atoms with Crippen LogP contribution in [0.25, 0.3) is 0 Å². The van der Waals surface area contributed by atoms with Crippen LogP contribution >= 0.6 is 0 Å². The first-order valence-electron chi connectivity index (χ1n) is 11.5. The van der Waals surface area contributed by atoms with E-state index < -0.39 is 5.95 Å². The molecule has 1 spiro atoms. The Balaban J connectivity index is 0.00000245. The number of pyridine rings is 1. The second-order valence-corrected chi connectivity index (χ2v) is 9.40. The lowest BCUT2D eigenvalue weighted by Gasteiger charge is -2.45. The topological polar surface area (TPSA) is 48.5 Å². The summed E-state index contributed by atoms with van der Waals surface area (Å²) in [7, 11) is 0. The van der Waals surface area contributed by atoms with Crippen molar-refractivity contribution in [3.8, 4) is 0 Å². The van der Waals surface area contributed by atoms with E-state index in [4.69, 9.17) is 0 Å². The van der Waals surface area contributed by atoms with Gasteiger partial charge in [0.05, 0.1) is 6.04 Å². The van der Waals surface area contributed by atoms with Crippen LogP contribution < -0.4 is 10.2 Å². The first kappa shape index (κ1) is 20.4. The minimum Gasteiger partial charge on any atom is -0.356 e. The molecule has 1 N–H and O–H groups in total. The fourth-order valence-electron chi connectivity index (χ4n) is 6.09. The molecule has 1 aromatic heterocycles. The standard InChI is InChI=1S/C25H31FN4O.H2/c1-18(31)27-22-17-25(21-6-3-2-5-20(21)22)11-15-29(16-12-25)19-9-13-30(14-10-19)24-8-4-7-23(26)28-24;/h2-8,19,22H,9-17H2,1H3,(H,27,31);1H/t22-;/m0./s1. The van der Waals surface area contributed by atoms with Crippen LogP contribution in [0.4, 0.5) is 10.2 Å². The summed E-state index contributed by atoms with van der Waals surface area (Å²) in [6, 6.07) is 14.5. The summed E-state index contributed by atoms with van der Waals surface area (Å²) in [6.45, 7) is 5.67. The fourth-order valence-corrected chi connectivity index (χ4v) is 6.09. The maximum atomic E-state index is 13.5. The Morgan fingerprint density at radius 2 is 1.84 bits per heavy atom. The van der Waals surface area contributed by atoms with E-state index in [0.29, 0.717) is 6.04 Å². The van der Waals surface area contributed by atoms with Crippen molar-refractivity contribution >= 4 is 11.7 Å². The van der Waals surface area contributed by atoms with Crippen molar-refractivity contribution in [1.29, 1.82) is 0 Å². The number of aromatic nitrogens is 1. The number of hydrogen-bond donors (Lipinski definition) is 1. The molecule has 5 rings (SSSR count). The molecule has 0 saturated carbocycles. The molecule has 2 aromatic rings. The van der Waals surface area contributed by atoms with Crippen LogP contribution in [0.15, 0.2) is 42.5 Å². The fraction of sp³-hybridized carbons (Fsp3) is 0.520. The highest BCUT2D eigenvalue weighted by atomic mass is 19.1. The van der Waals surface area contributed by atoms with E-state index in [1.165, 1.54) is 17.2 Å². The molecule has 1 aliphatic carbocycles. The van der Waals surface area contributed by atoms with Gasteiger partial charge in [-0.15, -0.1) is 0 Å². The van der Waals surface area contributed by atoms with Crippen molar-refractivity contribution in [2.24, 2.45) is 0 Å². The van der Waals surface area contributed by atoms with Crippen LogP contribution in [0.1, 0.15) is 57.6 Å². The number of likely N-dealkylation sites (tertiary alicyclic amines) is 1. The maximum absolute atomic E-state index is 13.5. The smallest absolute Gasteiger partial charge is 0.217 e. The SMILES string of the molecule is CC(=O)N[C@H]1CC2(CCN(C3CCN(c4cccc(F)n4)CC3)CC2)c2ccccc21.[HH]. The zero-order chi connectivity index (χ0) is 21.4. The number of hydrogen-bond acceptors (Lipinski definition) is 4. The average Bonchev–Trinajstić information content (AvgIpc) is 3.07. The van der Waals surface area contributed by atoms with Crippen molar-refractivity contribution < 1.29 is 10.6 Å². The first-order chi connectivity index (χ1) is 15.0. The predicted octanol–water partition coefficient (Wildman–Crippen LogP) is 4.05. The third kappa shape index (κ3) is 3.93. The highest BCUT2D eigenvalue weighted by Gasteiger charge is 2.46. The highest BCUT2D eigenvalue weighted by molar-refractivity contribution is 5.73. The number of rotatable bonds is 3. The van der Waals surface area contributed by atoms with E-state index in [0.717, 1.165) is 64.1 Å². The Morgan fingerprint density at radius 3 is 2.55 bits per heavy atom. The van der Waals surface area contributed by atoms with Crippen LogP contribution in [0, 0.1) is 5.95 Å². The molecule has 1 amide bonds. The Hall–Kier alpha value is -2.47. The van der Waals surface area contributed by atoms with Crippen molar-refractivity contribution in [1.82, 2.24) is 15.2 Å². The van der Waals surface area contributed by atoms with E-state index >= 15 is 0 Å². The number of amides is 1. The lowest BCUT2D eigenvalue weighted by molar-refractivity contribution is -0.119. The third-order valence-corrected chi connectivity index (χ3v) is 7.64. The second kappa shape index (κ2) is 8.23. The number of fused-ring (bicyclic) bond motifs is 2.